The molecule has 0 saturated heterocycles. The van der Waals surface area contributed by atoms with Gasteiger partial charge in [-0.05, 0) is 42.9 Å². The summed E-state index contributed by atoms with van der Waals surface area (Å²) in [5.41, 5.74) is 2.38. The monoisotopic (exact) mass is 362 g/mol. The van der Waals surface area contributed by atoms with Gasteiger partial charge in [0, 0.05) is 0 Å². The largest absolute Gasteiger partial charge is 0.511 e. The molecule has 1 aromatic rings. The SMILES string of the molecule is CCCCCCCCc1cccc(OC(=O)O)c1CCCCCCCC. The minimum atomic E-state index is -1.22. The van der Waals surface area contributed by atoms with Crippen LogP contribution in [-0.2, 0) is 12.8 Å². The Morgan fingerprint density at radius 1 is 0.808 bits per heavy atom. The first-order chi connectivity index (χ1) is 12.7. The summed E-state index contributed by atoms with van der Waals surface area (Å²) in [6, 6.07) is 5.87. The Balaban J connectivity index is 2.58. The van der Waals surface area contributed by atoms with Gasteiger partial charge in [-0.3, -0.25) is 0 Å². The van der Waals surface area contributed by atoms with Gasteiger partial charge >= 0.3 is 6.16 Å². The number of ether oxygens (including phenoxy) is 1. The van der Waals surface area contributed by atoms with Crippen LogP contribution in [0, 0.1) is 0 Å². The Bertz CT molecular complexity index is 496. The zero-order valence-corrected chi connectivity index (χ0v) is 16.9. The van der Waals surface area contributed by atoms with E-state index in [9.17, 15) is 4.79 Å². The second kappa shape index (κ2) is 14.6. The van der Waals surface area contributed by atoms with Crippen molar-refractivity contribution < 1.29 is 14.6 Å². The Hall–Kier alpha value is -1.51. The molecule has 0 spiro atoms. The third-order valence-electron chi connectivity index (χ3n) is 5.01. The van der Waals surface area contributed by atoms with Gasteiger partial charge < -0.3 is 9.84 Å². The molecule has 1 aromatic carbocycles. The zero-order valence-electron chi connectivity index (χ0n) is 16.9. The van der Waals surface area contributed by atoms with E-state index in [-0.39, 0.29) is 0 Å². The average molecular weight is 363 g/mol. The zero-order chi connectivity index (χ0) is 19.0. The van der Waals surface area contributed by atoms with Gasteiger partial charge in [0.2, 0.25) is 0 Å². The van der Waals surface area contributed by atoms with Crippen LogP contribution in [0.15, 0.2) is 18.2 Å². The van der Waals surface area contributed by atoms with Gasteiger partial charge in [-0.1, -0.05) is 90.2 Å². The van der Waals surface area contributed by atoms with Crippen molar-refractivity contribution in [1.29, 1.82) is 0 Å². The van der Waals surface area contributed by atoms with Gasteiger partial charge in [0.05, 0.1) is 0 Å². The first-order valence-electron chi connectivity index (χ1n) is 10.7. The lowest BCUT2D eigenvalue weighted by Crippen LogP contribution is -2.07. The molecule has 1 N–H and O–H groups in total. The summed E-state index contributed by atoms with van der Waals surface area (Å²) in [6.45, 7) is 4.47. The molecule has 0 amide bonds. The maximum Gasteiger partial charge on any atom is 0.511 e. The molecule has 0 unspecified atom stereocenters. The van der Waals surface area contributed by atoms with Gasteiger partial charge in [0.25, 0.3) is 0 Å². The summed E-state index contributed by atoms with van der Waals surface area (Å²) in [6.07, 6.45) is 15.8. The summed E-state index contributed by atoms with van der Waals surface area (Å²) in [4.78, 5) is 11.0. The van der Waals surface area contributed by atoms with Crippen molar-refractivity contribution in [2.75, 3.05) is 0 Å². The molecule has 0 aliphatic heterocycles. The summed E-state index contributed by atoms with van der Waals surface area (Å²) in [5.74, 6) is 0.537. The molecule has 0 saturated carbocycles. The predicted octanol–water partition coefficient (Wildman–Crippen LogP) is 7.55. The van der Waals surface area contributed by atoms with Crippen molar-refractivity contribution >= 4 is 6.16 Å². The Morgan fingerprint density at radius 3 is 1.92 bits per heavy atom. The van der Waals surface area contributed by atoms with Crippen molar-refractivity contribution in [2.45, 2.75) is 104 Å². The minimum absolute atomic E-state index is 0.537. The quantitative estimate of drug-likeness (QED) is 0.199. The van der Waals surface area contributed by atoms with Crippen LogP contribution in [0.25, 0.3) is 0 Å². The van der Waals surface area contributed by atoms with Crippen LogP contribution in [0.1, 0.15) is 102 Å². The molecule has 0 fully saturated rings. The highest BCUT2D eigenvalue weighted by Crippen LogP contribution is 2.27. The Kier molecular flexibility index (Phi) is 12.7. The highest BCUT2D eigenvalue weighted by molar-refractivity contribution is 5.62. The van der Waals surface area contributed by atoms with Gasteiger partial charge in [-0.25, -0.2) is 4.79 Å². The fourth-order valence-corrected chi connectivity index (χ4v) is 3.50. The van der Waals surface area contributed by atoms with Crippen LogP contribution >= 0.6 is 0 Å². The lowest BCUT2D eigenvalue weighted by Gasteiger charge is -2.14. The fourth-order valence-electron chi connectivity index (χ4n) is 3.50. The Labute approximate surface area is 160 Å². The van der Waals surface area contributed by atoms with E-state index >= 15 is 0 Å². The van der Waals surface area contributed by atoms with Crippen LogP contribution in [0.5, 0.6) is 5.75 Å². The van der Waals surface area contributed by atoms with Crippen LogP contribution < -0.4 is 4.74 Å². The summed E-state index contributed by atoms with van der Waals surface area (Å²) < 4.78 is 5.06. The van der Waals surface area contributed by atoms with Gasteiger partial charge in [0.1, 0.15) is 5.75 Å². The molecule has 0 radical (unpaired) electrons. The second-order valence-electron chi connectivity index (χ2n) is 7.30. The molecule has 0 aromatic heterocycles. The molecule has 0 atom stereocenters. The first kappa shape index (κ1) is 22.5. The van der Waals surface area contributed by atoms with E-state index in [0.717, 1.165) is 24.8 Å². The molecule has 1 rings (SSSR count). The second-order valence-corrected chi connectivity index (χ2v) is 7.30. The molecular formula is C23H38O3. The molecule has 3 heteroatoms. The normalized spacial score (nSPS) is 10.8. The number of hydrogen-bond donors (Lipinski definition) is 1. The van der Waals surface area contributed by atoms with E-state index in [1.807, 2.05) is 6.07 Å². The molecule has 0 aliphatic rings. The molecule has 26 heavy (non-hydrogen) atoms. The van der Waals surface area contributed by atoms with Crippen molar-refractivity contribution in [1.82, 2.24) is 0 Å². The van der Waals surface area contributed by atoms with E-state index < -0.39 is 6.16 Å². The van der Waals surface area contributed by atoms with E-state index in [1.54, 1.807) is 6.07 Å². The third kappa shape index (κ3) is 9.84. The summed E-state index contributed by atoms with van der Waals surface area (Å²) in [5, 5.41) is 9.03. The number of aryl methyl sites for hydroxylation is 1. The topological polar surface area (TPSA) is 46.5 Å². The maximum absolute atomic E-state index is 11.0. The lowest BCUT2D eigenvalue weighted by molar-refractivity contribution is 0.144. The molecule has 0 aliphatic carbocycles. The van der Waals surface area contributed by atoms with E-state index in [0.29, 0.717) is 5.75 Å². The number of hydrogen-bond acceptors (Lipinski definition) is 2. The number of rotatable bonds is 15. The number of unbranched alkanes of at least 4 members (excludes halogenated alkanes) is 10. The van der Waals surface area contributed by atoms with Gasteiger partial charge in [-0.15, -0.1) is 0 Å². The molecular weight excluding hydrogens is 324 g/mol. The van der Waals surface area contributed by atoms with Crippen LogP contribution in [0.2, 0.25) is 0 Å². The minimum Gasteiger partial charge on any atom is -0.449 e. The molecule has 148 valence electrons. The Morgan fingerprint density at radius 2 is 1.35 bits per heavy atom. The van der Waals surface area contributed by atoms with Gasteiger partial charge in [-0.2, -0.15) is 0 Å². The molecule has 0 bridgehead atoms. The van der Waals surface area contributed by atoms with Gasteiger partial charge in [0.15, 0.2) is 0 Å². The highest BCUT2D eigenvalue weighted by atomic mass is 16.7. The number of benzene rings is 1. The van der Waals surface area contributed by atoms with Crippen molar-refractivity contribution in [3.05, 3.63) is 29.3 Å². The third-order valence-corrected chi connectivity index (χ3v) is 5.01. The van der Waals surface area contributed by atoms with E-state index in [4.69, 9.17) is 9.84 Å². The smallest absolute Gasteiger partial charge is 0.449 e. The molecule has 3 nitrogen and oxygen atoms in total. The summed E-state index contributed by atoms with van der Waals surface area (Å²) >= 11 is 0. The fraction of sp³-hybridized carbons (Fsp3) is 0.696. The molecule has 0 heterocycles. The summed E-state index contributed by atoms with van der Waals surface area (Å²) in [7, 11) is 0. The number of carbonyl (C=O) groups is 1. The number of carboxylic acid groups (broad SMARTS) is 1. The van der Waals surface area contributed by atoms with E-state index in [2.05, 4.69) is 19.9 Å². The maximum atomic E-state index is 11.0. The van der Waals surface area contributed by atoms with Crippen molar-refractivity contribution in [2.24, 2.45) is 0 Å². The van der Waals surface area contributed by atoms with Crippen LogP contribution in [0.3, 0.4) is 0 Å². The van der Waals surface area contributed by atoms with Crippen LogP contribution in [0.4, 0.5) is 4.79 Å². The average Bonchev–Trinajstić information content (AvgIpc) is 2.62. The first-order valence-corrected chi connectivity index (χ1v) is 10.7. The van der Waals surface area contributed by atoms with Crippen molar-refractivity contribution in [3.63, 3.8) is 0 Å². The van der Waals surface area contributed by atoms with Crippen molar-refractivity contribution in [3.8, 4) is 5.75 Å². The standard InChI is InChI=1S/C23H38O3/c1-3-5-7-9-11-13-16-20-17-15-19-22(26-23(24)25)21(20)18-14-12-10-8-6-4-2/h15,17,19H,3-14,16,18H2,1-2H3,(H,24,25). The lowest BCUT2D eigenvalue weighted by atomic mass is 9.95. The van der Waals surface area contributed by atoms with Crippen LogP contribution in [-0.4, -0.2) is 11.3 Å². The van der Waals surface area contributed by atoms with E-state index in [1.165, 1.54) is 76.2 Å². The predicted molar refractivity (Wildman–Crippen MR) is 109 cm³/mol. The highest BCUT2D eigenvalue weighted by Gasteiger charge is 2.12.